The van der Waals surface area contributed by atoms with Gasteiger partial charge in [0.25, 0.3) is 5.69 Å². The predicted molar refractivity (Wildman–Crippen MR) is 77.8 cm³/mol. The van der Waals surface area contributed by atoms with Crippen molar-refractivity contribution < 1.29 is 4.92 Å². The topological polar surface area (TPSA) is 85.9 Å². The van der Waals surface area contributed by atoms with Gasteiger partial charge in [-0.3, -0.25) is 10.1 Å². The van der Waals surface area contributed by atoms with Gasteiger partial charge in [0.2, 0.25) is 0 Å². The molecule has 1 heterocycles. The first kappa shape index (κ1) is 14.6. The van der Waals surface area contributed by atoms with E-state index < -0.39 is 4.92 Å². The SMILES string of the molecule is CCNCc1cn(-c2cc([N+](=O)[O-])c(C)cc2Br)nn1. The molecular formula is C12H14BrN5O2. The number of aromatic nitrogens is 3. The van der Waals surface area contributed by atoms with Crippen LogP contribution in [-0.2, 0) is 6.54 Å². The van der Waals surface area contributed by atoms with Gasteiger partial charge in [0.15, 0.2) is 0 Å². The number of hydrogen-bond donors (Lipinski definition) is 1. The van der Waals surface area contributed by atoms with Crippen LogP contribution in [0.2, 0.25) is 0 Å². The van der Waals surface area contributed by atoms with Gasteiger partial charge in [0, 0.05) is 22.6 Å². The van der Waals surface area contributed by atoms with Crippen LogP contribution in [0.15, 0.2) is 22.8 Å². The summed E-state index contributed by atoms with van der Waals surface area (Å²) in [5.74, 6) is 0. The van der Waals surface area contributed by atoms with Gasteiger partial charge in [-0.1, -0.05) is 12.1 Å². The lowest BCUT2D eigenvalue weighted by molar-refractivity contribution is -0.385. The van der Waals surface area contributed by atoms with Crippen molar-refractivity contribution in [1.82, 2.24) is 20.3 Å². The Morgan fingerprint density at radius 3 is 2.90 bits per heavy atom. The number of rotatable bonds is 5. The Kier molecular flexibility index (Phi) is 4.46. The van der Waals surface area contributed by atoms with Crippen LogP contribution >= 0.6 is 15.9 Å². The third-order valence-corrected chi connectivity index (χ3v) is 3.44. The number of benzene rings is 1. The zero-order chi connectivity index (χ0) is 14.7. The second-order valence-corrected chi connectivity index (χ2v) is 5.14. The lowest BCUT2D eigenvalue weighted by Gasteiger charge is -2.05. The number of hydrogen-bond acceptors (Lipinski definition) is 5. The Balaban J connectivity index is 2.39. The van der Waals surface area contributed by atoms with E-state index in [1.807, 2.05) is 6.92 Å². The van der Waals surface area contributed by atoms with Crippen molar-refractivity contribution in [3.8, 4) is 5.69 Å². The van der Waals surface area contributed by atoms with Gasteiger partial charge in [0.05, 0.1) is 22.5 Å². The smallest absolute Gasteiger partial charge is 0.274 e. The minimum absolute atomic E-state index is 0.0620. The van der Waals surface area contributed by atoms with Crippen molar-refractivity contribution >= 4 is 21.6 Å². The molecule has 7 nitrogen and oxygen atoms in total. The number of nitrogens with zero attached hydrogens (tertiary/aromatic N) is 4. The first-order chi connectivity index (χ1) is 9.52. The summed E-state index contributed by atoms with van der Waals surface area (Å²) < 4.78 is 2.27. The van der Waals surface area contributed by atoms with Crippen molar-refractivity contribution in [2.24, 2.45) is 0 Å². The van der Waals surface area contributed by atoms with Gasteiger partial charge in [-0.15, -0.1) is 5.10 Å². The average Bonchev–Trinajstić information content (AvgIpc) is 2.84. The molecule has 0 bridgehead atoms. The van der Waals surface area contributed by atoms with Crippen molar-refractivity contribution in [3.05, 3.63) is 44.2 Å². The van der Waals surface area contributed by atoms with Gasteiger partial charge in [-0.2, -0.15) is 0 Å². The molecule has 8 heteroatoms. The van der Waals surface area contributed by atoms with E-state index in [1.165, 1.54) is 10.7 Å². The molecule has 2 rings (SSSR count). The van der Waals surface area contributed by atoms with E-state index in [0.717, 1.165) is 16.7 Å². The summed E-state index contributed by atoms with van der Waals surface area (Å²) in [5, 5.41) is 22.2. The molecule has 0 aliphatic carbocycles. The van der Waals surface area contributed by atoms with E-state index >= 15 is 0 Å². The van der Waals surface area contributed by atoms with Crippen LogP contribution in [0.5, 0.6) is 0 Å². The minimum Gasteiger partial charge on any atom is -0.311 e. The Morgan fingerprint density at radius 1 is 1.50 bits per heavy atom. The van der Waals surface area contributed by atoms with Crippen molar-refractivity contribution in [2.45, 2.75) is 20.4 Å². The summed E-state index contributed by atoms with van der Waals surface area (Å²) in [7, 11) is 0. The maximum absolute atomic E-state index is 11.0. The summed E-state index contributed by atoms with van der Waals surface area (Å²) in [5.41, 5.74) is 2.03. The average molecular weight is 340 g/mol. The van der Waals surface area contributed by atoms with Crippen molar-refractivity contribution in [3.63, 3.8) is 0 Å². The second-order valence-electron chi connectivity index (χ2n) is 4.28. The van der Waals surface area contributed by atoms with Gasteiger partial charge in [-0.05, 0) is 35.5 Å². The Hall–Kier alpha value is -1.80. The van der Waals surface area contributed by atoms with E-state index in [1.54, 1.807) is 19.2 Å². The Bertz CT molecular complexity index is 641. The normalized spacial score (nSPS) is 10.8. The number of nitro groups is 1. The molecule has 0 atom stereocenters. The maximum atomic E-state index is 11.0. The van der Waals surface area contributed by atoms with Gasteiger partial charge < -0.3 is 5.32 Å². The van der Waals surface area contributed by atoms with Crippen LogP contribution in [0.4, 0.5) is 5.69 Å². The molecule has 2 aromatic rings. The molecule has 0 spiro atoms. The molecule has 106 valence electrons. The monoisotopic (exact) mass is 339 g/mol. The van der Waals surface area contributed by atoms with E-state index in [0.29, 0.717) is 17.8 Å². The molecular weight excluding hydrogens is 326 g/mol. The molecule has 0 unspecified atom stereocenters. The van der Waals surface area contributed by atoms with E-state index in [9.17, 15) is 10.1 Å². The van der Waals surface area contributed by atoms with Crippen LogP contribution in [0.25, 0.3) is 5.69 Å². The molecule has 0 aliphatic rings. The van der Waals surface area contributed by atoms with Crippen LogP contribution in [0.3, 0.4) is 0 Å². The third kappa shape index (κ3) is 3.02. The molecule has 0 fully saturated rings. The highest BCUT2D eigenvalue weighted by Crippen LogP contribution is 2.29. The molecule has 0 saturated heterocycles. The molecule has 0 radical (unpaired) electrons. The van der Waals surface area contributed by atoms with Crippen LogP contribution in [-0.4, -0.2) is 26.5 Å². The molecule has 0 aliphatic heterocycles. The van der Waals surface area contributed by atoms with Gasteiger partial charge >= 0.3 is 0 Å². The highest BCUT2D eigenvalue weighted by Gasteiger charge is 2.16. The fourth-order valence-electron chi connectivity index (χ4n) is 1.77. The number of nitro benzene ring substituents is 1. The zero-order valence-electron chi connectivity index (χ0n) is 11.1. The molecule has 20 heavy (non-hydrogen) atoms. The van der Waals surface area contributed by atoms with E-state index in [-0.39, 0.29) is 5.69 Å². The van der Waals surface area contributed by atoms with Gasteiger partial charge in [0.1, 0.15) is 0 Å². The fourth-order valence-corrected chi connectivity index (χ4v) is 2.41. The maximum Gasteiger partial charge on any atom is 0.274 e. The largest absolute Gasteiger partial charge is 0.311 e. The molecule has 0 amide bonds. The Morgan fingerprint density at radius 2 is 2.25 bits per heavy atom. The molecule has 1 N–H and O–H groups in total. The number of halogens is 1. The second kappa shape index (κ2) is 6.10. The van der Waals surface area contributed by atoms with Crippen LogP contribution in [0.1, 0.15) is 18.2 Å². The zero-order valence-corrected chi connectivity index (χ0v) is 12.7. The van der Waals surface area contributed by atoms with Gasteiger partial charge in [-0.25, -0.2) is 4.68 Å². The van der Waals surface area contributed by atoms with Crippen molar-refractivity contribution in [1.29, 1.82) is 0 Å². The summed E-state index contributed by atoms with van der Waals surface area (Å²) in [6, 6.07) is 3.20. The van der Waals surface area contributed by atoms with Crippen LogP contribution < -0.4 is 5.32 Å². The quantitative estimate of drug-likeness (QED) is 0.667. The fraction of sp³-hybridized carbons (Fsp3) is 0.333. The lowest BCUT2D eigenvalue weighted by atomic mass is 10.2. The molecule has 1 aromatic heterocycles. The molecule has 0 saturated carbocycles. The summed E-state index contributed by atoms with van der Waals surface area (Å²) in [4.78, 5) is 10.6. The lowest BCUT2D eigenvalue weighted by Crippen LogP contribution is -2.11. The first-order valence-electron chi connectivity index (χ1n) is 6.09. The number of aryl methyl sites for hydroxylation is 1. The summed E-state index contributed by atoms with van der Waals surface area (Å²) in [6.45, 7) is 5.16. The predicted octanol–water partition coefficient (Wildman–Crippen LogP) is 2.36. The summed E-state index contributed by atoms with van der Waals surface area (Å²) >= 11 is 3.40. The minimum atomic E-state index is -0.401. The highest BCUT2D eigenvalue weighted by atomic mass is 79.9. The van der Waals surface area contributed by atoms with E-state index in [4.69, 9.17) is 0 Å². The third-order valence-electron chi connectivity index (χ3n) is 2.81. The first-order valence-corrected chi connectivity index (χ1v) is 6.89. The molecule has 1 aromatic carbocycles. The Labute approximate surface area is 124 Å². The standard InChI is InChI=1S/C12H14BrN5O2/c1-3-14-6-9-7-17(16-15-9)12-5-11(18(19)20)8(2)4-10(12)13/h4-5,7,14H,3,6H2,1-2H3. The summed E-state index contributed by atoms with van der Waals surface area (Å²) in [6.07, 6.45) is 1.75. The number of nitrogens with one attached hydrogen (secondary N) is 1. The highest BCUT2D eigenvalue weighted by molar-refractivity contribution is 9.10. The van der Waals surface area contributed by atoms with E-state index in [2.05, 4.69) is 31.6 Å². The van der Waals surface area contributed by atoms with Crippen LogP contribution in [0, 0.1) is 17.0 Å². The van der Waals surface area contributed by atoms with Crippen molar-refractivity contribution in [2.75, 3.05) is 6.54 Å².